The van der Waals surface area contributed by atoms with E-state index in [1.165, 1.54) is 11.3 Å². The van der Waals surface area contributed by atoms with Crippen molar-refractivity contribution in [2.24, 2.45) is 0 Å². The number of hydrogen-bond acceptors (Lipinski definition) is 2. The number of para-hydroxylation sites is 1. The molecule has 0 saturated carbocycles. The van der Waals surface area contributed by atoms with Crippen LogP contribution in [-0.4, -0.2) is 22.0 Å². The van der Waals surface area contributed by atoms with Gasteiger partial charge in [-0.1, -0.05) is 64.6 Å². The lowest BCUT2D eigenvalue weighted by Gasteiger charge is -2.23. The Morgan fingerprint density at radius 1 is 1.00 bits per heavy atom. The molecule has 2 aromatic rings. The molecule has 0 radical (unpaired) electrons. The van der Waals surface area contributed by atoms with Gasteiger partial charge in [-0.15, -0.1) is 0 Å². The van der Waals surface area contributed by atoms with Crippen LogP contribution < -0.4 is 20.5 Å². The van der Waals surface area contributed by atoms with E-state index < -0.39 is 8.07 Å². The molecule has 118 valence electrons. The predicted octanol–water partition coefficient (Wildman–Crippen LogP) is 2.98. The Morgan fingerprint density at radius 2 is 1.68 bits per heavy atom. The zero-order valence-corrected chi connectivity index (χ0v) is 15.4. The van der Waals surface area contributed by atoms with E-state index in [2.05, 4.69) is 25.7 Å². The first kappa shape index (κ1) is 17.1. The number of benzene rings is 2. The Labute approximate surface area is 134 Å². The summed E-state index contributed by atoms with van der Waals surface area (Å²) in [6, 6.07) is 13.1. The highest BCUT2D eigenvalue weighted by Crippen LogP contribution is 2.22. The standard InChI is InChI=1S/C17H22FO2PSi/c1-19-12-20-17-15(10-7-11-16(17)22(2,3)4)21-14-9-6-5-8-13(14)18/h5-11,21H,12H2,1-4H3. The van der Waals surface area contributed by atoms with Gasteiger partial charge in [-0.2, -0.15) is 0 Å². The summed E-state index contributed by atoms with van der Waals surface area (Å²) >= 11 is 0. The summed E-state index contributed by atoms with van der Waals surface area (Å²) in [6.45, 7) is 7.03. The number of halogens is 1. The van der Waals surface area contributed by atoms with Crippen molar-refractivity contribution in [2.75, 3.05) is 13.9 Å². The lowest BCUT2D eigenvalue weighted by Crippen LogP contribution is -2.40. The van der Waals surface area contributed by atoms with E-state index in [9.17, 15) is 4.39 Å². The fourth-order valence-corrected chi connectivity index (χ4v) is 4.99. The average molecular weight is 336 g/mol. The second-order valence-corrected chi connectivity index (χ2v) is 12.5. The Kier molecular flexibility index (Phi) is 5.73. The minimum absolute atomic E-state index is 0.170. The number of ether oxygens (including phenoxy) is 2. The van der Waals surface area contributed by atoms with Gasteiger partial charge in [0.05, 0.1) is 8.07 Å². The molecule has 22 heavy (non-hydrogen) atoms. The molecule has 0 fully saturated rings. The van der Waals surface area contributed by atoms with Crippen LogP contribution in [0, 0.1) is 5.82 Å². The molecular weight excluding hydrogens is 314 g/mol. The van der Waals surface area contributed by atoms with Crippen molar-refractivity contribution in [3.05, 3.63) is 48.3 Å². The summed E-state index contributed by atoms with van der Waals surface area (Å²) in [5.41, 5.74) is 0. The normalized spacial score (nSPS) is 12.0. The molecule has 0 aliphatic carbocycles. The Bertz CT molecular complexity index is 641. The molecule has 0 saturated heterocycles. The van der Waals surface area contributed by atoms with Gasteiger partial charge >= 0.3 is 0 Å². The SMILES string of the molecule is COCOc1c(Pc2ccccc2F)cccc1[Si](C)(C)C. The Morgan fingerprint density at radius 3 is 2.32 bits per heavy atom. The van der Waals surface area contributed by atoms with Crippen LogP contribution in [0.1, 0.15) is 0 Å². The van der Waals surface area contributed by atoms with Crippen LogP contribution in [0.4, 0.5) is 4.39 Å². The van der Waals surface area contributed by atoms with E-state index in [4.69, 9.17) is 9.47 Å². The van der Waals surface area contributed by atoms with Crippen LogP contribution >= 0.6 is 8.58 Å². The largest absolute Gasteiger partial charge is 0.467 e. The van der Waals surface area contributed by atoms with Gasteiger partial charge in [0.2, 0.25) is 0 Å². The lowest BCUT2D eigenvalue weighted by atomic mass is 10.3. The molecule has 1 atom stereocenters. The maximum absolute atomic E-state index is 13.9. The lowest BCUT2D eigenvalue weighted by molar-refractivity contribution is 0.0526. The first-order chi connectivity index (χ1) is 10.4. The maximum Gasteiger partial charge on any atom is 0.188 e. The maximum atomic E-state index is 13.9. The number of methoxy groups -OCH3 is 1. The zero-order chi connectivity index (χ0) is 16.2. The molecule has 0 amide bonds. The Balaban J connectivity index is 2.44. The van der Waals surface area contributed by atoms with Crippen LogP contribution in [0.3, 0.4) is 0 Å². The molecule has 2 nitrogen and oxygen atoms in total. The minimum atomic E-state index is -1.56. The van der Waals surface area contributed by atoms with E-state index in [-0.39, 0.29) is 21.2 Å². The minimum Gasteiger partial charge on any atom is -0.467 e. The van der Waals surface area contributed by atoms with Gasteiger partial charge < -0.3 is 9.47 Å². The summed E-state index contributed by atoms with van der Waals surface area (Å²) in [5, 5.41) is 2.98. The van der Waals surface area contributed by atoms with Crippen molar-refractivity contribution in [3.63, 3.8) is 0 Å². The van der Waals surface area contributed by atoms with Crippen molar-refractivity contribution in [1.29, 1.82) is 0 Å². The van der Waals surface area contributed by atoms with E-state index >= 15 is 0 Å². The van der Waals surface area contributed by atoms with Gasteiger partial charge in [0.15, 0.2) is 6.79 Å². The molecule has 0 spiro atoms. The van der Waals surface area contributed by atoms with Crippen LogP contribution in [0.15, 0.2) is 42.5 Å². The van der Waals surface area contributed by atoms with Crippen molar-refractivity contribution in [3.8, 4) is 5.75 Å². The second-order valence-electron chi connectivity index (χ2n) is 6.09. The Hall–Kier alpha value is -1.22. The summed E-state index contributed by atoms with van der Waals surface area (Å²) in [6.07, 6.45) is 0. The van der Waals surface area contributed by atoms with Crippen molar-refractivity contribution in [1.82, 2.24) is 0 Å². The van der Waals surface area contributed by atoms with Gasteiger partial charge in [0.25, 0.3) is 0 Å². The molecule has 2 aromatic carbocycles. The molecule has 0 heterocycles. The summed E-state index contributed by atoms with van der Waals surface area (Å²) < 4.78 is 24.9. The molecule has 2 rings (SSSR count). The van der Waals surface area contributed by atoms with Gasteiger partial charge in [0.1, 0.15) is 11.6 Å². The monoisotopic (exact) mass is 336 g/mol. The first-order valence-electron chi connectivity index (χ1n) is 7.20. The van der Waals surface area contributed by atoms with E-state index in [0.717, 1.165) is 11.1 Å². The highest BCUT2D eigenvalue weighted by Gasteiger charge is 2.23. The van der Waals surface area contributed by atoms with E-state index in [1.54, 1.807) is 13.2 Å². The molecule has 0 bridgehead atoms. The van der Waals surface area contributed by atoms with Crippen molar-refractivity contribution < 1.29 is 13.9 Å². The third-order valence-electron chi connectivity index (χ3n) is 3.29. The first-order valence-corrected chi connectivity index (χ1v) is 11.7. The number of rotatable bonds is 6. The van der Waals surface area contributed by atoms with Crippen LogP contribution in [0.25, 0.3) is 0 Å². The van der Waals surface area contributed by atoms with Gasteiger partial charge in [-0.3, -0.25) is 0 Å². The average Bonchev–Trinajstić information content (AvgIpc) is 2.47. The van der Waals surface area contributed by atoms with Crippen LogP contribution in [0.2, 0.25) is 19.6 Å². The smallest absolute Gasteiger partial charge is 0.188 e. The predicted molar refractivity (Wildman–Crippen MR) is 95.9 cm³/mol. The summed E-state index contributed by atoms with van der Waals surface area (Å²) in [7, 11) is 0.275. The molecule has 0 aliphatic heterocycles. The fraction of sp³-hybridized carbons (Fsp3) is 0.294. The second kappa shape index (κ2) is 7.36. The van der Waals surface area contributed by atoms with E-state index in [1.807, 2.05) is 24.3 Å². The van der Waals surface area contributed by atoms with Crippen LogP contribution in [0.5, 0.6) is 5.75 Å². The van der Waals surface area contributed by atoms with Crippen molar-refractivity contribution in [2.45, 2.75) is 19.6 Å². The molecule has 0 aliphatic rings. The molecule has 0 N–H and O–H groups in total. The zero-order valence-electron chi connectivity index (χ0n) is 13.4. The molecule has 5 heteroatoms. The van der Waals surface area contributed by atoms with Crippen LogP contribution in [-0.2, 0) is 4.74 Å². The summed E-state index contributed by atoms with van der Waals surface area (Å²) in [5.74, 6) is 0.696. The van der Waals surface area contributed by atoms with Gasteiger partial charge in [0, 0.05) is 17.7 Å². The van der Waals surface area contributed by atoms with Gasteiger partial charge in [-0.25, -0.2) is 4.39 Å². The molecular formula is C17H22FO2PSi. The third kappa shape index (κ3) is 4.16. The van der Waals surface area contributed by atoms with Crippen molar-refractivity contribution >= 4 is 32.5 Å². The third-order valence-corrected chi connectivity index (χ3v) is 6.64. The molecule has 1 unspecified atom stereocenters. The fourth-order valence-electron chi connectivity index (χ4n) is 2.21. The molecule has 0 aromatic heterocycles. The van der Waals surface area contributed by atoms with E-state index in [0.29, 0.717) is 5.30 Å². The summed E-state index contributed by atoms with van der Waals surface area (Å²) in [4.78, 5) is 0. The topological polar surface area (TPSA) is 18.5 Å². The quantitative estimate of drug-likeness (QED) is 0.459. The highest BCUT2D eigenvalue weighted by atomic mass is 31.1. The highest BCUT2D eigenvalue weighted by molar-refractivity contribution is 7.55. The van der Waals surface area contributed by atoms with Gasteiger partial charge in [-0.05, 0) is 11.3 Å². The number of hydrogen-bond donors (Lipinski definition) is 0.